The molecule has 158 valence electrons. The standard InChI is InChI=1S/C27H39NO/c1-2-6-22-12-14-25(15-13-22)26-16-18-27(19-17-26)29-21-24-10-8-23(9-11-24)7-4-3-5-20-28/h3,5,12-15,23-24,26-27H,2,4,6-11,16-19,21H2,1H3/t23-,24-,26-,27-. The van der Waals surface area contributed by atoms with Gasteiger partial charge in [-0.05, 0) is 86.7 Å². The van der Waals surface area contributed by atoms with Crippen LogP contribution in [0.3, 0.4) is 0 Å². The number of benzene rings is 1. The van der Waals surface area contributed by atoms with Crippen LogP contribution in [0, 0.1) is 23.2 Å². The SMILES string of the molecule is CCCc1ccc([C@H]2CC[C@H](OC[C@H]3CC[C@H](CCC=CC#N)CC3)CC2)cc1. The van der Waals surface area contributed by atoms with Gasteiger partial charge in [0.1, 0.15) is 0 Å². The minimum Gasteiger partial charge on any atom is -0.378 e. The van der Waals surface area contributed by atoms with Gasteiger partial charge < -0.3 is 4.74 Å². The Morgan fingerprint density at radius 3 is 2.31 bits per heavy atom. The van der Waals surface area contributed by atoms with Gasteiger partial charge in [0.05, 0.1) is 12.2 Å². The van der Waals surface area contributed by atoms with Crippen molar-refractivity contribution in [1.82, 2.24) is 0 Å². The summed E-state index contributed by atoms with van der Waals surface area (Å²) in [4.78, 5) is 0. The Balaban J connectivity index is 1.30. The van der Waals surface area contributed by atoms with E-state index in [-0.39, 0.29) is 0 Å². The average molecular weight is 394 g/mol. The number of nitriles is 1. The molecule has 1 aromatic carbocycles. The van der Waals surface area contributed by atoms with E-state index in [1.807, 2.05) is 6.08 Å². The molecule has 0 amide bonds. The Hall–Kier alpha value is -1.59. The van der Waals surface area contributed by atoms with E-state index in [0.717, 1.165) is 30.8 Å². The second-order valence-electron chi connectivity index (χ2n) is 9.29. The van der Waals surface area contributed by atoms with Crippen molar-refractivity contribution in [2.45, 2.75) is 96.0 Å². The Morgan fingerprint density at radius 2 is 1.66 bits per heavy atom. The van der Waals surface area contributed by atoms with Crippen molar-refractivity contribution in [2.75, 3.05) is 6.61 Å². The Morgan fingerprint density at radius 1 is 0.966 bits per heavy atom. The van der Waals surface area contributed by atoms with Crippen LogP contribution in [-0.4, -0.2) is 12.7 Å². The zero-order valence-corrected chi connectivity index (χ0v) is 18.3. The smallest absolute Gasteiger partial charge is 0.0908 e. The van der Waals surface area contributed by atoms with E-state index in [1.165, 1.54) is 81.8 Å². The van der Waals surface area contributed by atoms with E-state index < -0.39 is 0 Å². The van der Waals surface area contributed by atoms with Gasteiger partial charge in [0.2, 0.25) is 0 Å². The Labute approximate surface area is 178 Å². The van der Waals surface area contributed by atoms with Gasteiger partial charge in [-0.1, -0.05) is 56.5 Å². The molecule has 0 atom stereocenters. The minimum absolute atomic E-state index is 0.486. The van der Waals surface area contributed by atoms with Crippen LogP contribution in [0.5, 0.6) is 0 Å². The monoisotopic (exact) mass is 393 g/mol. The maximum absolute atomic E-state index is 8.55. The van der Waals surface area contributed by atoms with Gasteiger partial charge in [-0.3, -0.25) is 0 Å². The third-order valence-corrected chi connectivity index (χ3v) is 7.13. The molecule has 2 fully saturated rings. The molecule has 0 bridgehead atoms. The van der Waals surface area contributed by atoms with Crippen LogP contribution in [0.25, 0.3) is 0 Å². The molecular weight excluding hydrogens is 354 g/mol. The number of nitrogens with zero attached hydrogens (tertiary/aromatic N) is 1. The van der Waals surface area contributed by atoms with Crippen molar-refractivity contribution in [3.8, 4) is 6.07 Å². The van der Waals surface area contributed by atoms with Crippen molar-refractivity contribution < 1.29 is 4.74 Å². The molecule has 0 saturated heterocycles. The third kappa shape index (κ3) is 7.31. The Bertz CT molecular complexity index is 640. The molecule has 0 unspecified atom stereocenters. The topological polar surface area (TPSA) is 33.0 Å². The summed E-state index contributed by atoms with van der Waals surface area (Å²) in [6, 6.07) is 11.5. The summed E-state index contributed by atoms with van der Waals surface area (Å²) in [5.41, 5.74) is 3.01. The van der Waals surface area contributed by atoms with Gasteiger partial charge in [-0.2, -0.15) is 5.26 Å². The van der Waals surface area contributed by atoms with E-state index >= 15 is 0 Å². The molecule has 29 heavy (non-hydrogen) atoms. The molecule has 0 N–H and O–H groups in total. The van der Waals surface area contributed by atoms with Crippen LogP contribution in [0.15, 0.2) is 36.4 Å². The molecule has 3 rings (SSSR count). The zero-order valence-electron chi connectivity index (χ0n) is 18.3. The fourth-order valence-electron chi connectivity index (χ4n) is 5.23. The zero-order chi connectivity index (χ0) is 20.3. The van der Waals surface area contributed by atoms with Gasteiger partial charge in [0.25, 0.3) is 0 Å². The van der Waals surface area contributed by atoms with Crippen molar-refractivity contribution in [2.24, 2.45) is 11.8 Å². The first kappa shape index (κ1) is 22.1. The first-order valence-corrected chi connectivity index (χ1v) is 12.0. The lowest BCUT2D eigenvalue weighted by atomic mass is 9.80. The quantitative estimate of drug-likeness (QED) is 0.411. The summed E-state index contributed by atoms with van der Waals surface area (Å²) < 4.78 is 6.36. The maximum atomic E-state index is 8.55. The van der Waals surface area contributed by atoms with Gasteiger partial charge in [0.15, 0.2) is 0 Å². The van der Waals surface area contributed by atoms with Crippen LogP contribution in [0.4, 0.5) is 0 Å². The van der Waals surface area contributed by atoms with Crippen molar-refractivity contribution in [1.29, 1.82) is 5.26 Å². The molecule has 2 heteroatoms. The Kier molecular flexibility index (Phi) is 9.29. The fourth-order valence-corrected chi connectivity index (χ4v) is 5.23. The van der Waals surface area contributed by atoms with E-state index in [2.05, 4.69) is 37.3 Å². The molecule has 2 nitrogen and oxygen atoms in total. The third-order valence-electron chi connectivity index (χ3n) is 7.13. The highest BCUT2D eigenvalue weighted by atomic mass is 16.5. The fraction of sp³-hybridized carbons (Fsp3) is 0.667. The molecule has 0 spiro atoms. The van der Waals surface area contributed by atoms with E-state index in [0.29, 0.717) is 6.10 Å². The van der Waals surface area contributed by atoms with Gasteiger partial charge in [-0.15, -0.1) is 0 Å². The molecular formula is C27H39NO. The molecule has 0 aromatic heterocycles. The molecule has 2 saturated carbocycles. The largest absolute Gasteiger partial charge is 0.378 e. The van der Waals surface area contributed by atoms with Crippen LogP contribution in [0.1, 0.15) is 94.6 Å². The summed E-state index contributed by atoms with van der Waals surface area (Å²) in [5, 5.41) is 8.55. The summed E-state index contributed by atoms with van der Waals surface area (Å²) in [6.07, 6.45) is 19.2. The average Bonchev–Trinajstić information content (AvgIpc) is 2.77. The summed E-state index contributed by atoms with van der Waals surface area (Å²) in [6.45, 7) is 3.22. The molecule has 2 aliphatic rings. The van der Waals surface area contributed by atoms with Crippen LogP contribution >= 0.6 is 0 Å². The first-order chi connectivity index (χ1) is 14.3. The molecule has 0 aliphatic heterocycles. The highest BCUT2D eigenvalue weighted by Gasteiger charge is 2.25. The van der Waals surface area contributed by atoms with Crippen LogP contribution in [-0.2, 0) is 11.2 Å². The lowest BCUT2D eigenvalue weighted by molar-refractivity contribution is -0.00474. The highest BCUT2D eigenvalue weighted by Crippen LogP contribution is 2.36. The van der Waals surface area contributed by atoms with Crippen molar-refractivity contribution in [3.05, 3.63) is 47.5 Å². The van der Waals surface area contributed by atoms with Crippen LogP contribution < -0.4 is 0 Å². The van der Waals surface area contributed by atoms with E-state index in [4.69, 9.17) is 10.00 Å². The normalized spacial score (nSPS) is 27.7. The van der Waals surface area contributed by atoms with E-state index in [1.54, 1.807) is 6.08 Å². The maximum Gasteiger partial charge on any atom is 0.0908 e. The lowest BCUT2D eigenvalue weighted by Gasteiger charge is -2.32. The second kappa shape index (κ2) is 12.2. The molecule has 1 aromatic rings. The predicted molar refractivity (Wildman–Crippen MR) is 121 cm³/mol. The second-order valence-corrected chi connectivity index (χ2v) is 9.29. The first-order valence-electron chi connectivity index (χ1n) is 12.0. The number of hydrogen-bond acceptors (Lipinski definition) is 2. The van der Waals surface area contributed by atoms with Gasteiger partial charge >= 0.3 is 0 Å². The molecule has 0 radical (unpaired) electrons. The number of aryl methyl sites for hydroxylation is 1. The summed E-state index contributed by atoms with van der Waals surface area (Å²) >= 11 is 0. The molecule has 0 heterocycles. The lowest BCUT2D eigenvalue weighted by Crippen LogP contribution is -2.25. The minimum atomic E-state index is 0.486. The number of rotatable bonds is 9. The predicted octanol–water partition coefficient (Wildman–Crippen LogP) is 7.35. The summed E-state index contributed by atoms with van der Waals surface area (Å²) in [7, 11) is 0. The van der Waals surface area contributed by atoms with Crippen molar-refractivity contribution in [3.63, 3.8) is 0 Å². The van der Waals surface area contributed by atoms with E-state index in [9.17, 15) is 0 Å². The number of allylic oxidation sites excluding steroid dienone is 2. The number of ether oxygens (including phenoxy) is 1. The van der Waals surface area contributed by atoms with Gasteiger partial charge in [-0.25, -0.2) is 0 Å². The van der Waals surface area contributed by atoms with Crippen LogP contribution in [0.2, 0.25) is 0 Å². The molecule has 2 aliphatic carbocycles. The van der Waals surface area contributed by atoms with Crippen molar-refractivity contribution >= 4 is 0 Å². The van der Waals surface area contributed by atoms with Gasteiger partial charge in [0, 0.05) is 12.7 Å². The summed E-state index contributed by atoms with van der Waals surface area (Å²) in [5.74, 6) is 2.36. The highest BCUT2D eigenvalue weighted by molar-refractivity contribution is 5.26. The number of hydrogen-bond donors (Lipinski definition) is 0.